The molecule has 2 unspecified atom stereocenters. The van der Waals surface area contributed by atoms with Gasteiger partial charge in [-0.15, -0.1) is 0 Å². The average molecular weight is 313 g/mol. The van der Waals surface area contributed by atoms with Gasteiger partial charge in [0.2, 0.25) is 0 Å². The Hall–Kier alpha value is -2.20. The maximum atomic E-state index is 14.3. The molecule has 4 heteroatoms. The number of rotatable bonds is 2. The number of benzene rings is 2. The smallest absolute Gasteiger partial charge is 0.257 e. The van der Waals surface area contributed by atoms with Crippen molar-refractivity contribution in [3.8, 4) is 11.1 Å². The Labute approximate surface area is 135 Å². The fraction of sp³-hybridized carbons (Fsp3) is 0.316. The summed E-state index contributed by atoms with van der Waals surface area (Å²) in [6.07, 6.45) is 0. The maximum absolute atomic E-state index is 14.3. The lowest BCUT2D eigenvalue weighted by Gasteiger charge is -2.38. The van der Waals surface area contributed by atoms with Gasteiger partial charge in [0.1, 0.15) is 5.82 Å². The topological polar surface area (TPSA) is 29.5 Å². The average Bonchev–Trinajstić information content (AvgIpc) is 2.56. The molecule has 0 saturated carbocycles. The second-order valence-corrected chi connectivity index (χ2v) is 6.01. The van der Waals surface area contributed by atoms with E-state index in [4.69, 9.17) is 4.74 Å². The van der Waals surface area contributed by atoms with Gasteiger partial charge in [-0.05, 0) is 37.1 Å². The van der Waals surface area contributed by atoms with Crippen LogP contribution in [0.4, 0.5) is 4.39 Å². The molecule has 1 heterocycles. The molecule has 1 aliphatic rings. The molecule has 2 aromatic carbocycles. The van der Waals surface area contributed by atoms with E-state index in [1.807, 2.05) is 44.2 Å². The molecule has 1 amide bonds. The van der Waals surface area contributed by atoms with Crippen molar-refractivity contribution >= 4 is 5.91 Å². The van der Waals surface area contributed by atoms with Gasteiger partial charge in [-0.1, -0.05) is 36.4 Å². The summed E-state index contributed by atoms with van der Waals surface area (Å²) < 4.78 is 19.7. The molecule has 2 aromatic rings. The summed E-state index contributed by atoms with van der Waals surface area (Å²) in [6, 6.07) is 14.2. The highest BCUT2D eigenvalue weighted by Crippen LogP contribution is 2.25. The minimum absolute atomic E-state index is 0.0639. The van der Waals surface area contributed by atoms with E-state index >= 15 is 0 Å². The van der Waals surface area contributed by atoms with Crippen LogP contribution in [0.2, 0.25) is 0 Å². The van der Waals surface area contributed by atoms with E-state index in [1.165, 1.54) is 6.07 Å². The molecule has 3 rings (SSSR count). The highest BCUT2D eigenvalue weighted by atomic mass is 19.1. The molecule has 1 aliphatic heterocycles. The molecular weight excluding hydrogens is 293 g/mol. The van der Waals surface area contributed by atoms with Crippen LogP contribution in [-0.4, -0.2) is 36.1 Å². The highest BCUT2D eigenvalue weighted by molar-refractivity contribution is 5.96. The van der Waals surface area contributed by atoms with Crippen LogP contribution in [0.3, 0.4) is 0 Å². The van der Waals surface area contributed by atoms with Crippen LogP contribution in [-0.2, 0) is 4.74 Å². The first-order chi connectivity index (χ1) is 11.1. The van der Waals surface area contributed by atoms with Gasteiger partial charge in [-0.2, -0.15) is 0 Å². The summed E-state index contributed by atoms with van der Waals surface area (Å²) in [5.41, 5.74) is 1.92. The van der Waals surface area contributed by atoms with Crippen LogP contribution in [0.5, 0.6) is 0 Å². The number of hydrogen-bond acceptors (Lipinski definition) is 2. The van der Waals surface area contributed by atoms with Crippen molar-refractivity contribution in [1.82, 2.24) is 4.90 Å². The fourth-order valence-corrected chi connectivity index (χ4v) is 3.04. The summed E-state index contributed by atoms with van der Waals surface area (Å²) >= 11 is 0. The molecule has 120 valence electrons. The van der Waals surface area contributed by atoms with Crippen LogP contribution in [0.15, 0.2) is 48.5 Å². The van der Waals surface area contributed by atoms with Crippen LogP contribution >= 0.6 is 0 Å². The third-order valence-electron chi connectivity index (χ3n) is 4.21. The van der Waals surface area contributed by atoms with E-state index in [-0.39, 0.29) is 23.6 Å². The molecule has 1 saturated heterocycles. The van der Waals surface area contributed by atoms with Crippen molar-refractivity contribution < 1.29 is 13.9 Å². The number of carbonyl (C=O) groups is 1. The van der Waals surface area contributed by atoms with Crippen LogP contribution < -0.4 is 0 Å². The summed E-state index contributed by atoms with van der Waals surface area (Å²) in [6.45, 7) is 4.81. The molecule has 0 bridgehead atoms. The Morgan fingerprint density at radius 3 is 2.35 bits per heavy atom. The number of ether oxygens (including phenoxy) is 1. The van der Waals surface area contributed by atoms with E-state index in [2.05, 4.69) is 0 Å². The molecule has 1 fully saturated rings. The van der Waals surface area contributed by atoms with Gasteiger partial charge in [0.05, 0.1) is 30.9 Å². The lowest BCUT2D eigenvalue weighted by Crippen LogP contribution is -2.52. The number of hydrogen-bond donors (Lipinski definition) is 0. The van der Waals surface area contributed by atoms with Crippen molar-refractivity contribution in [2.24, 2.45) is 0 Å². The summed E-state index contributed by atoms with van der Waals surface area (Å²) in [5, 5.41) is 0. The van der Waals surface area contributed by atoms with Crippen LogP contribution in [0, 0.1) is 5.82 Å². The van der Waals surface area contributed by atoms with Gasteiger partial charge in [0.25, 0.3) is 5.91 Å². The predicted octanol–water partition coefficient (Wildman–Crippen LogP) is 3.74. The zero-order chi connectivity index (χ0) is 16.4. The Bertz CT molecular complexity index is 692. The van der Waals surface area contributed by atoms with E-state index in [0.717, 1.165) is 11.1 Å². The van der Waals surface area contributed by atoms with Gasteiger partial charge >= 0.3 is 0 Å². The Balaban J connectivity index is 1.97. The number of amides is 1. The third kappa shape index (κ3) is 3.13. The summed E-state index contributed by atoms with van der Waals surface area (Å²) in [5.74, 6) is -0.760. The van der Waals surface area contributed by atoms with Crippen molar-refractivity contribution in [2.45, 2.75) is 25.9 Å². The second-order valence-electron chi connectivity index (χ2n) is 6.01. The monoisotopic (exact) mass is 313 g/mol. The zero-order valence-electron chi connectivity index (χ0n) is 13.3. The normalized spacial score (nSPS) is 21.3. The van der Waals surface area contributed by atoms with E-state index < -0.39 is 5.82 Å². The molecule has 2 atom stereocenters. The molecule has 23 heavy (non-hydrogen) atoms. The Kier molecular flexibility index (Phi) is 4.44. The molecule has 3 nitrogen and oxygen atoms in total. The van der Waals surface area contributed by atoms with Crippen molar-refractivity contribution in [2.75, 3.05) is 13.2 Å². The van der Waals surface area contributed by atoms with Gasteiger partial charge in [0, 0.05) is 0 Å². The highest BCUT2D eigenvalue weighted by Gasteiger charge is 2.31. The summed E-state index contributed by atoms with van der Waals surface area (Å²) in [7, 11) is 0. The van der Waals surface area contributed by atoms with Crippen molar-refractivity contribution in [1.29, 1.82) is 0 Å². The minimum atomic E-state index is -0.486. The lowest BCUT2D eigenvalue weighted by atomic mass is 10.0. The Morgan fingerprint density at radius 2 is 1.70 bits per heavy atom. The van der Waals surface area contributed by atoms with Crippen LogP contribution in [0.25, 0.3) is 11.1 Å². The van der Waals surface area contributed by atoms with E-state index in [0.29, 0.717) is 13.2 Å². The first kappa shape index (κ1) is 15.7. The first-order valence-electron chi connectivity index (χ1n) is 7.83. The largest absolute Gasteiger partial charge is 0.377 e. The van der Waals surface area contributed by atoms with Gasteiger partial charge in [0.15, 0.2) is 0 Å². The van der Waals surface area contributed by atoms with E-state index in [9.17, 15) is 9.18 Å². The van der Waals surface area contributed by atoms with Gasteiger partial charge < -0.3 is 9.64 Å². The molecular formula is C19H20FNO2. The second kappa shape index (κ2) is 6.50. The minimum Gasteiger partial charge on any atom is -0.377 e. The number of carbonyl (C=O) groups excluding carboxylic acids is 1. The van der Waals surface area contributed by atoms with Gasteiger partial charge in [-0.25, -0.2) is 4.39 Å². The molecule has 0 N–H and O–H groups in total. The summed E-state index contributed by atoms with van der Waals surface area (Å²) in [4.78, 5) is 14.6. The molecule has 0 radical (unpaired) electrons. The molecule has 0 spiro atoms. The van der Waals surface area contributed by atoms with Crippen molar-refractivity contribution in [3.05, 3.63) is 59.9 Å². The lowest BCUT2D eigenvalue weighted by molar-refractivity contribution is -0.0251. The zero-order valence-corrected chi connectivity index (χ0v) is 13.3. The third-order valence-corrected chi connectivity index (χ3v) is 4.21. The SMILES string of the molecule is CC1COCC(C)N1C(=O)c1cc(-c2ccccc2)ccc1F. The quantitative estimate of drug-likeness (QED) is 0.845. The first-order valence-corrected chi connectivity index (χ1v) is 7.83. The number of nitrogens with zero attached hydrogens (tertiary/aromatic N) is 1. The van der Waals surface area contributed by atoms with Gasteiger partial charge in [-0.3, -0.25) is 4.79 Å². The number of morpholine rings is 1. The Morgan fingerprint density at radius 1 is 1.04 bits per heavy atom. The molecule has 0 aromatic heterocycles. The van der Waals surface area contributed by atoms with Crippen molar-refractivity contribution in [3.63, 3.8) is 0 Å². The fourth-order valence-electron chi connectivity index (χ4n) is 3.04. The van der Waals surface area contributed by atoms with Crippen LogP contribution in [0.1, 0.15) is 24.2 Å². The number of halogens is 1. The molecule has 0 aliphatic carbocycles. The maximum Gasteiger partial charge on any atom is 0.257 e. The predicted molar refractivity (Wildman–Crippen MR) is 87.7 cm³/mol. The standard InChI is InChI=1S/C19H20FNO2/c1-13-11-23-12-14(2)21(13)19(22)17-10-16(8-9-18(17)20)15-6-4-3-5-7-15/h3-10,13-14H,11-12H2,1-2H3. The van der Waals surface area contributed by atoms with E-state index in [1.54, 1.807) is 17.0 Å².